The summed E-state index contributed by atoms with van der Waals surface area (Å²) >= 11 is 0. The fraction of sp³-hybridized carbons (Fsp3) is 0.174. The van der Waals surface area contributed by atoms with Gasteiger partial charge in [0, 0.05) is 11.4 Å². The number of aryl methyl sites for hydroxylation is 1. The van der Waals surface area contributed by atoms with Crippen LogP contribution in [0.2, 0.25) is 0 Å². The molecule has 0 saturated carbocycles. The molecule has 3 rings (SSSR count). The first kappa shape index (κ1) is 20.7. The number of nitrogens with one attached hydrogen (secondary N) is 1. The van der Waals surface area contributed by atoms with Crippen molar-refractivity contribution in [2.45, 2.75) is 20.8 Å². The van der Waals surface area contributed by atoms with Crippen LogP contribution in [0.5, 0.6) is 5.75 Å². The third-order valence-electron chi connectivity index (χ3n) is 4.89. The van der Waals surface area contributed by atoms with Crippen molar-refractivity contribution < 1.29 is 19.4 Å². The quantitative estimate of drug-likeness (QED) is 0.631. The molecule has 0 bridgehead atoms. The van der Waals surface area contributed by atoms with Crippen LogP contribution in [-0.4, -0.2) is 28.2 Å². The van der Waals surface area contributed by atoms with Crippen LogP contribution < -0.4 is 5.32 Å². The maximum atomic E-state index is 12.5. The van der Waals surface area contributed by atoms with Gasteiger partial charge in [-0.15, -0.1) is 0 Å². The Morgan fingerprint density at radius 1 is 1.10 bits per heavy atom. The first-order chi connectivity index (χ1) is 14.3. The van der Waals surface area contributed by atoms with Crippen LogP contribution in [0.25, 0.3) is 5.69 Å². The van der Waals surface area contributed by atoms with Crippen molar-refractivity contribution in [2.75, 3.05) is 11.9 Å². The number of esters is 1. The lowest BCUT2D eigenvalue weighted by atomic mass is 10.1. The lowest BCUT2D eigenvalue weighted by molar-refractivity contribution is -0.119. The largest absolute Gasteiger partial charge is 0.507 e. The summed E-state index contributed by atoms with van der Waals surface area (Å²) in [5, 5.41) is 22.3. The van der Waals surface area contributed by atoms with E-state index in [2.05, 4.69) is 11.4 Å². The molecule has 0 unspecified atom stereocenters. The molecule has 0 aliphatic heterocycles. The molecule has 0 radical (unpaired) electrons. The van der Waals surface area contributed by atoms with Crippen molar-refractivity contribution in [3.05, 3.63) is 76.5 Å². The first-order valence-corrected chi connectivity index (χ1v) is 9.28. The first-order valence-electron chi connectivity index (χ1n) is 9.28. The van der Waals surface area contributed by atoms with E-state index in [-0.39, 0.29) is 11.3 Å². The van der Waals surface area contributed by atoms with E-state index in [1.165, 1.54) is 6.07 Å². The SMILES string of the molecule is Cc1cccc(C(=O)OCC(=O)Nc2c(C#N)c(C)c(C)n2-c2ccccc2)c1O. The van der Waals surface area contributed by atoms with Gasteiger partial charge in [0.1, 0.15) is 23.2 Å². The molecule has 1 amide bonds. The summed E-state index contributed by atoms with van der Waals surface area (Å²) in [6.45, 7) is 4.77. The molecule has 0 atom stereocenters. The van der Waals surface area contributed by atoms with Crippen molar-refractivity contribution in [3.8, 4) is 17.5 Å². The molecular formula is C23H21N3O4. The highest BCUT2D eigenvalue weighted by Gasteiger charge is 2.22. The Morgan fingerprint density at radius 3 is 2.47 bits per heavy atom. The summed E-state index contributed by atoms with van der Waals surface area (Å²) < 4.78 is 6.83. The highest BCUT2D eigenvalue weighted by molar-refractivity contribution is 5.97. The van der Waals surface area contributed by atoms with Crippen molar-refractivity contribution in [1.29, 1.82) is 5.26 Å². The van der Waals surface area contributed by atoms with E-state index < -0.39 is 18.5 Å². The molecule has 30 heavy (non-hydrogen) atoms. The number of amides is 1. The Morgan fingerprint density at radius 2 is 1.80 bits per heavy atom. The molecule has 0 spiro atoms. The number of phenolic OH excluding ortho intramolecular Hbond substituents is 1. The molecule has 7 nitrogen and oxygen atoms in total. The maximum Gasteiger partial charge on any atom is 0.342 e. The molecule has 152 valence electrons. The minimum atomic E-state index is -0.808. The van der Waals surface area contributed by atoms with Crippen LogP contribution in [0.3, 0.4) is 0 Å². The van der Waals surface area contributed by atoms with Crippen LogP contribution in [0, 0.1) is 32.1 Å². The second-order valence-corrected chi connectivity index (χ2v) is 6.81. The van der Waals surface area contributed by atoms with Gasteiger partial charge >= 0.3 is 5.97 Å². The number of benzene rings is 2. The molecule has 7 heteroatoms. The van der Waals surface area contributed by atoms with E-state index in [0.29, 0.717) is 16.9 Å². The van der Waals surface area contributed by atoms with Gasteiger partial charge < -0.3 is 15.2 Å². The van der Waals surface area contributed by atoms with Crippen LogP contribution in [0.1, 0.15) is 32.7 Å². The molecule has 0 aliphatic carbocycles. The minimum absolute atomic E-state index is 0.0140. The zero-order valence-corrected chi connectivity index (χ0v) is 16.9. The maximum absolute atomic E-state index is 12.5. The van der Waals surface area contributed by atoms with Gasteiger partial charge in [-0.1, -0.05) is 30.3 Å². The number of ether oxygens (including phenoxy) is 1. The van der Waals surface area contributed by atoms with E-state index in [1.807, 2.05) is 44.2 Å². The van der Waals surface area contributed by atoms with Crippen molar-refractivity contribution in [1.82, 2.24) is 4.57 Å². The topological polar surface area (TPSA) is 104 Å². The Balaban J connectivity index is 1.82. The van der Waals surface area contributed by atoms with Gasteiger partial charge in [0.15, 0.2) is 6.61 Å². The van der Waals surface area contributed by atoms with Gasteiger partial charge in [-0.05, 0) is 50.1 Å². The molecule has 1 aromatic heterocycles. The van der Waals surface area contributed by atoms with Crippen LogP contribution >= 0.6 is 0 Å². The standard InChI is InChI=1S/C23H21N3O4/c1-14-8-7-11-18(21(14)28)23(29)30-13-20(27)25-22-19(12-24)15(2)16(3)26(22)17-9-5-4-6-10-17/h4-11,28H,13H2,1-3H3,(H,25,27). The summed E-state index contributed by atoms with van der Waals surface area (Å²) in [6, 6.07) is 16.1. The van der Waals surface area contributed by atoms with Crippen molar-refractivity contribution in [2.24, 2.45) is 0 Å². The van der Waals surface area contributed by atoms with Crippen LogP contribution in [0.15, 0.2) is 48.5 Å². The lowest BCUT2D eigenvalue weighted by Crippen LogP contribution is -2.23. The number of carbonyl (C=O) groups excluding carboxylic acids is 2. The molecule has 2 aromatic carbocycles. The van der Waals surface area contributed by atoms with Gasteiger partial charge in [0.2, 0.25) is 0 Å². The molecule has 3 aromatic rings. The normalized spacial score (nSPS) is 10.3. The fourth-order valence-corrected chi connectivity index (χ4v) is 3.16. The number of para-hydroxylation sites is 2. The number of aromatic hydroxyl groups is 1. The highest BCUT2D eigenvalue weighted by atomic mass is 16.5. The average Bonchev–Trinajstić information content (AvgIpc) is 2.98. The lowest BCUT2D eigenvalue weighted by Gasteiger charge is -2.13. The Hall–Kier alpha value is -4.05. The predicted molar refractivity (Wildman–Crippen MR) is 112 cm³/mol. The number of aromatic nitrogens is 1. The summed E-state index contributed by atoms with van der Waals surface area (Å²) in [7, 11) is 0. The molecule has 1 heterocycles. The molecule has 2 N–H and O–H groups in total. The molecule has 0 aliphatic rings. The predicted octanol–water partition coefficient (Wildman–Crippen LogP) is 3.78. The number of anilines is 1. The van der Waals surface area contributed by atoms with Crippen LogP contribution in [0.4, 0.5) is 5.82 Å². The van der Waals surface area contributed by atoms with E-state index >= 15 is 0 Å². The monoisotopic (exact) mass is 403 g/mol. The second kappa shape index (κ2) is 8.53. The zero-order valence-electron chi connectivity index (χ0n) is 16.9. The molecule has 0 fully saturated rings. The summed E-state index contributed by atoms with van der Waals surface area (Å²) in [6.07, 6.45) is 0. The average molecular weight is 403 g/mol. The summed E-state index contributed by atoms with van der Waals surface area (Å²) in [5.74, 6) is -1.27. The highest BCUT2D eigenvalue weighted by Crippen LogP contribution is 2.30. The smallest absolute Gasteiger partial charge is 0.342 e. The molecule has 0 saturated heterocycles. The Labute approximate surface area is 174 Å². The summed E-state index contributed by atoms with van der Waals surface area (Å²) in [5.41, 5.74) is 3.20. The number of rotatable bonds is 5. The number of hydrogen-bond acceptors (Lipinski definition) is 5. The van der Waals surface area contributed by atoms with Crippen molar-refractivity contribution in [3.63, 3.8) is 0 Å². The second-order valence-electron chi connectivity index (χ2n) is 6.81. The van der Waals surface area contributed by atoms with Gasteiger partial charge in [-0.2, -0.15) is 5.26 Å². The van der Waals surface area contributed by atoms with Crippen molar-refractivity contribution >= 4 is 17.7 Å². The van der Waals surface area contributed by atoms with Gasteiger partial charge in [0.25, 0.3) is 5.91 Å². The van der Waals surface area contributed by atoms with Crippen LogP contribution in [-0.2, 0) is 9.53 Å². The van der Waals surface area contributed by atoms with Gasteiger partial charge in [-0.3, -0.25) is 9.36 Å². The Kier molecular flexibility index (Phi) is 5.88. The third kappa shape index (κ3) is 3.89. The van der Waals surface area contributed by atoms with E-state index in [0.717, 1.165) is 16.9 Å². The van der Waals surface area contributed by atoms with E-state index in [9.17, 15) is 20.0 Å². The van der Waals surface area contributed by atoms with Gasteiger partial charge in [0.05, 0.1) is 5.56 Å². The zero-order chi connectivity index (χ0) is 21.8. The number of carbonyl (C=O) groups is 2. The third-order valence-corrected chi connectivity index (χ3v) is 4.89. The number of phenols is 1. The summed E-state index contributed by atoms with van der Waals surface area (Å²) in [4.78, 5) is 24.7. The number of nitriles is 1. The fourth-order valence-electron chi connectivity index (χ4n) is 3.16. The molecular weight excluding hydrogens is 382 g/mol. The Bertz CT molecular complexity index is 1160. The van der Waals surface area contributed by atoms with E-state index in [1.54, 1.807) is 23.6 Å². The number of hydrogen-bond donors (Lipinski definition) is 2. The van der Waals surface area contributed by atoms with Gasteiger partial charge in [-0.25, -0.2) is 4.79 Å². The number of nitrogens with zero attached hydrogens (tertiary/aromatic N) is 2. The minimum Gasteiger partial charge on any atom is -0.507 e. The van der Waals surface area contributed by atoms with E-state index in [4.69, 9.17) is 4.74 Å².